The third-order valence-electron chi connectivity index (χ3n) is 12.0. The number of halogens is 6. The van der Waals surface area contributed by atoms with Gasteiger partial charge in [-0.3, -0.25) is 4.79 Å². The molecule has 0 aliphatic carbocycles. The number of hydrogen-bond donors (Lipinski definition) is 1. The number of alkyl halides is 6. The van der Waals surface area contributed by atoms with E-state index in [9.17, 15) is 22.8 Å². The number of pyridine rings is 1. The minimum atomic E-state index is -4.92. The van der Waals surface area contributed by atoms with E-state index < -0.39 is 72.7 Å². The number of nitrogens with zero attached hydrogens (tertiary/aromatic N) is 4. The van der Waals surface area contributed by atoms with E-state index in [1.165, 1.54) is 4.68 Å². The molecule has 322 valence electrons. The molecular weight excluding hydrogens is 817 g/mol. The first kappa shape index (κ1) is 43.6. The summed E-state index contributed by atoms with van der Waals surface area (Å²) < 4.78 is 103. The lowest BCUT2D eigenvalue weighted by Gasteiger charge is -2.43. The fourth-order valence-electron chi connectivity index (χ4n) is 7.77. The van der Waals surface area contributed by atoms with Crippen molar-refractivity contribution in [3.63, 3.8) is 0 Å². The molecule has 1 saturated heterocycles. The first-order valence-electron chi connectivity index (χ1n) is 20.1. The molecule has 0 unspecified atom stereocenters. The van der Waals surface area contributed by atoms with Gasteiger partial charge in [-0.15, -0.1) is 0 Å². The Morgan fingerprint density at radius 3 is 1.95 bits per heavy atom. The highest BCUT2D eigenvalue weighted by molar-refractivity contribution is 6.74. The van der Waals surface area contributed by atoms with E-state index in [2.05, 4.69) is 10.3 Å². The predicted octanol–water partition coefficient (Wildman–Crippen LogP) is 10.7. The van der Waals surface area contributed by atoms with Crippen molar-refractivity contribution in [2.24, 2.45) is 0 Å². The number of ether oxygens (including phenoxy) is 1. The van der Waals surface area contributed by atoms with Gasteiger partial charge in [0.25, 0.3) is 5.91 Å². The number of hydrogen-bond acceptors (Lipinski definition) is 7. The molecule has 0 saturated carbocycles. The molecule has 0 radical (unpaired) electrons. The van der Waals surface area contributed by atoms with Crippen LogP contribution in [0.4, 0.5) is 38.0 Å². The van der Waals surface area contributed by atoms with E-state index in [0.717, 1.165) is 17.2 Å². The average molecular weight is 864 g/mol. The molecule has 7 rings (SSSR count). The van der Waals surface area contributed by atoms with E-state index in [1.54, 1.807) is 48.3 Å². The highest BCUT2D eigenvalue weighted by Gasteiger charge is 2.58. The van der Waals surface area contributed by atoms with E-state index >= 15 is 13.2 Å². The van der Waals surface area contributed by atoms with Crippen LogP contribution in [0.25, 0.3) is 0 Å². The molecule has 5 aromatic rings. The molecular formula is C45H47F6N5O4Si. The number of fused-ring (bicyclic) bond motifs is 1. The minimum absolute atomic E-state index is 0.0689. The maximum absolute atomic E-state index is 15.8. The Morgan fingerprint density at radius 1 is 0.869 bits per heavy atom. The Morgan fingerprint density at radius 2 is 1.43 bits per heavy atom. The summed E-state index contributed by atoms with van der Waals surface area (Å²) in [5, 5.41) is 7.32. The van der Waals surface area contributed by atoms with Crippen LogP contribution in [0.2, 0.25) is 18.1 Å². The maximum atomic E-state index is 15.8. The van der Waals surface area contributed by atoms with Crippen molar-refractivity contribution in [3.05, 3.63) is 142 Å². The minimum Gasteiger partial charge on any atom is -0.457 e. The second kappa shape index (κ2) is 16.8. The number of nitrogens with one attached hydrogen (secondary N) is 1. The molecule has 61 heavy (non-hydrogen) atoms. The number of aromatic nitrogens is 3. The number of esters is 1. The van der Waals surface area contributed by atoms with Gasteiger partial charge in [0, 0.05) is 30.8 Å². The van der Waals surface area contributed by atoms with Gasteiger partial charge in [-0.25, -0.2) is 14.5 Å². The summed E-state index contributed by atoms with van der Waals surface area (Å²) in [5.74, 6) is -4.98. The van der Waals surface area contributed by atoms with E-state index in [0.29, 0.717) is 11.8 Å². The number of anilines is 2. The predicted molar refractivity (Wildman–Crippen MR) is 221 cm³/mol. The Labute approximate surface area is 351 Å². The third-order valence-corrected chi connectivity index (χ3v) is 16.4. The Hall–Kier alpha value is -5.48. The quantitative estimate of drug-likeness (QED) is 0.0848. The Bertz CT molecular complexity index is 2300. The summed E-state index contributed by atoms with van der Waals surface area (Å²) in [5.41, 5.74) is 0.0868. The van der Waals surface area contributed by atoms with Gasteiger partial charge in [0.05, 0.1) is 16.8 Å². The molecule has 2 aliphatic heterocycles. The zero-order chi connectivity index (χ0) is 43.9. The zero-order valence-corrected chi connectivity index (χ0v) is 35.3. The molecule has 2 aromatic heterocycles. The third kappa shape index (κ3) is 9.10. The molecule has 9 nitrogen and oxygen atoms in total. The van der Waals surface area contributed by atoms with Gasteiger partial charge in [0.1, 0.15) is 36.3 Å². The second-order valence-electron chi connectivity index (χ2n) is 17.0. The number of piperidine rings is 1. The number of carbonyl (C=O) groups excluding carboxylic acids is 2. The van der Waals surface area contributed by atoms with Gasteiger partial charge in [0.15, 0.2) is 8.32 Å². The van der Waals surface area contributed by atoms with Crippen LogP contribution in [0.1, 0.15) is 95.4 Å². The molecule has 0 bridgehead atoms. The number of carbonyl (C=O) groups is 2. The van der Waals surface area contributed by atoms with Crippen LogP contribution in [0, 0.1) is 0 Å². The van der Waals surface area contributed by atoms with Crippen molar-refractivity contribution < 1.29 is 45.1 Å². The van der Waals surface area contributed by atoms with Crippen molar-refractivity contribution in [1.82, 2.24) is 14.8 Å². The number of rotatable bonds is 10. The smallest absolute Gasteiger partial charge is 0.418 e. The van der Waals surface area contributed by atoms with Crippen molar-refractivity contribution >= 4 is 31.8 Å². The van der Waals surface area contributed by atoms with Crippen molar-refractivity contribution in [1.29, 1.82) is 0 Å². The van der Waals surface area contributed by atoms with Crippen LogP contribution >= 0.6 is 0 Å². The molecule has 1 fully saturated rings. The van der Waals surface area contributed by atoms with Crippen molar-refractivity contribution in [2.45, 2.75) is 94.7 Å². The lowest BCUT2D eigenvalue weighted by Crippen LogP contribution is -2.53. The van der Waals surface area contributed by atoms with E-state index in [-0.39, 0.29) is 55.4 Å². The highest BCUT2D eigenvalue weighted by Crippen LogP contribution is 2.52. The largest absolute Gasteiger partial charge is 0.457 e. The molecule has 2 atom stereocenters. The molecule has 16 heteroatoms. The normalized spacial score (nSPS) is 17.9. The Kier molecular flexibility index (Phi) is 12.0. The molecule has 3 aromatic carbocycles. The van der Waals surface area contributed by atoms with Crippen molar-refractivity contribution in [2.75, 3.05) is 23.3 Å². The SMILES string of the molecule is CC(C)(C)[Si](C)(C)O[C@@H]1C(=O)Nc2c(c(C3CCN(c4cc(C(=O)OCc5ccccc5)c(C(F)(F)F)cn4)CC3)nn2C(c2ccccc2)c2ccccc2)[C@@H]1C(F)(F)F. The van der Waals surface area contributed by atoms with Crippen LogP contribution < -0.4 is 10.2 Å². The molecule has 2 aliphatic rings. The summed E-state index contributed by atoms with van der Waals surface area (Å²) >= 11 is 0. The number of amides is 1. The molecule has 1 N–H and O–H groups in total. The maximum Gasteiger partial charge on any atom is 0.418 e. The standard InChI is InChI=1S/C45H47F6N5O4Si/c1-43(2,3)61(4,5)60-39-36(45(49,50)51)35-37(54-56(40(35)53-41(39)57)38(30-17-11-7-12-18-30)31-19-13-8-14-20-31)29-21-23-55(24-22-29)34-25-32(33(26-52-34)44(46,47)48)42(58)59-27-28-15-9-6-10-16-28/h6-20,25-26,29,36,38-39H,21-24,27H2,1-5H3,(H,53,57)/t36-,39-/m0/s1. The van der Waals surface area contributed by atoms with Crippen LogP contribution in [0.15, 0.2) is 103 Å². The first-order chi connectivity index (χ1) is 28.7. The summed E-state index contributed by atoms with van der Waals surface area (Å²) in [6.07, 6.45) is -10.6. The van der Waals surface area contributed by atoms with Gasteiger partial charge in [-0.1, -0.05) is 112 Å². The van der Waals surface area contributed by atoms with Crippen LogP contribution in [0.3, 0.4) is 0 Å². The fraction of sp³-hybridized carbons (Fsp3) is 0.378. The first-order valence-corrected chi connectivity index (χ1v) is 23.0. The highest BCUT2D eigenvalue weighted by atomic mass is 28.4. The van der Waals surface area contributed by atoms with Gasteiger partial charge < -0.3 is 19.4 Å². The van der Waals surface area contributed by atoms with Gasteiger partial charge in [0.2, 0.25) is 0 Å². The summed E-state index contributed by atoms with van der Waals surface area (Å²) in [6.45, 7) is 9.34. The van der Waals surface area contributed by atoms with Crippen LogP contribution in [0.5, 0.6) is 0 Å². The summed E-state index contributed by atoms with van der Waals surface area (Å²) in [7, 11) is -2.96. The van der Waals surface area contributed by atoms with Crippen LogP contribution in [-0.2, 0) is 26.7 Å². The second-order valence-corrected chi connectivity index (χ2v) is 21.8. The molecule has 1 amide bonds. The van der Waals surface area contributed by atoms with Gasteiger partial charge in [-0.05, 0) is 53.7 Å². The van der Waals surface area contributed by atoms with Gasteiger partial charge >= 0.3 is 18.3 Å². The average Bonchev–Trinajstić information content (AvgIpc) is 3.57. The molecule has 0 spiro atoms. The fourth-order valence-corrected chi connectivity index (χ4v) is 9.00. The van der Waals surface area contributed by atoms with Crippen molar-refractivity contribution in [3.8, 4) is 0 Å². The topological polar surface area (TPSA) is 98.6 Å². The lowest BCUT2D eigenvalue weighted by atomic mass is 9.82. The number of benzene rings is 3. The monoisotopic (exact) mass is 863 g/mol. The summed E-state index contributed by atoms with van der Waals surface area (Å²) in [4.78, 5) is 33.0. The van der Waals surface area contributed by atoms with Gasteiger partial charge in [-0.2, -0.15) is 31.4 Å². The van der Waals surface area contributed by atoms with Crippen LogP contribution in [-0.4, -0.2) is 60.3 Å². The zero-order valence-electron chi connectivity index (χ0n) is 34.3. The lowest BCUT2D eigenvalue weighted by molar-refractivity contribution is -0.175. The van der Waals surface area contributed by atoms with E-state index in [1.807, 2.05) is 81.4 Å². The van der Waals surface area contributed by atoms with E-state index in [4.69, 9.17) is 14.3 Å². The Balaban J connectivity index is 1.28. The molecule has 4 heterocycles. The summed E-state index contributed by atoms with van der Waals surface area (Å²) in [6, 6.07) is 27.2.